The molecule has 3 N–H and O–H groups in total. The standard InChI is InChI=1S/C11H26N2O/c1-6-8-9(3)10(13-12)11(4,5)14-7-2/h9-10,13H,6-8,12H2,1-5H3. The van der Waals surface area contributed by atoms with E-state index in [0.29, 0.717) is 5.92 Å². The normalized spacial score (nSPS) is 16.7. The fourth-order valence-corrected chi connectivity index (χ4v) is 2.13. The van der Waals surface area contributed by atoms with E-state index in [1.54, 1.807) is 0 Å². The maximum Gasteiger partial charge on any atom is 0.0794 e. The lowest BCUT2D eigenvalue weighted by atomic mass is 9.86. The van der Waals surface area contributed by atoms with Crippen LogP contribution in [0.4, 0.5) is 0 Å². The molecule has 0 bridgehead atoms. The van der Waals surface area contributed by atoms with Gasteiger partial charge in [-0.3, -0.25) is 11.3 Å². The van der Waals surface area contributed by atoms with Gasteiger partial charge in [-0.2, -0.15) is 0 Å². The molecule has 0 fully saturated rings. The summed E-state index contributed by atoms with van der Waals surface area (Å²) in [4.78, 5) is 0. The summed E-state index contributed by atoms with van der Waals surface area (Å²) in [5, 5.41) is 0. The molecule has 0 rings (SSSR count). The van der Waals surface area contributed by atoms with Gasteiger partial charge in [-0.05, 0) is 33.1 Å². The van der Waals surface area contributed by atoms with E-state index in [9.17, 15) is 0 Å². The quantitative estimate of drug-likeness (QED) is 0.491. The van der Waals surface area contributed by atoms with E-state index in [0.717, 1.165) is 6.61 Å². The Hall–Kier alpha value is -0.120. The molecule has 0 amide bonds. The lowest BCUT2D eigenvalue weighted by molar-refractivity contribution is -0.0521. The second-order valence-corrected chi connectivity index (χ2v) is 4.45. The van der Waals surface area contributed by atoms with Gasteiger partial charge in [0.25, 0.3) is 0 Å². The highest BCUT2D eigenvalue weighted by molar-refractivity contribution is 4.87. The molecule has 3 heteroatoms. The van der Waals surface area contributed by atoms with Crippen LogP contribution in [0, 0.1) is 5.92 Å². The smallest absolute Gasteiger partial charge is 0.0794 e. The third kappa shape index (κ3) is 3.95. The van der Waals surface area contributed by atoms with Crippen molar-refractivity contribution in [1.29, 1.82) is 0 Å². The minimum absolute atomic E-state index is 0.196. The summed E-state index contributed by atoms with van der Waals surface area (Å²) in [7, 11) is 0. The second-order valence-electron chi connectivity index (χ2n) is 4.45. The third-order valence-corrected chi connectivity index (χ3v) is 2.76. The summed E-state index contributed by atoms with van der Waals surface area (Å²) in [6.07, 6.45) is 2.35. The van der Waals surface area contributed by atoms with Crippen LogP contribution in [-0.4, -0.2) is 18.2 Å². The number of rotatable bonds is 7. The van der Waals surface area contributed by atoms with Gasteiger partial charge in [0.05, 0.1) is 11.6 Å². The van der Waals surface area contributed by atoms with Gasteiger partial charge >= 0.3 is 0 Å². The van der Waals surface area contributed by atoms with E-state index in [4.69, 9.17) is 10.6 Å². The van der Waals surface area contributed by atoms with Gasteiger partial charge in [0.15, 0.2) is 0 Å². The van der Waals surface area contributed by atoms with Crippen molar-refractivity contribution < 1.29 is 4.74 Å². The molecule has 0 aliphatic rings. The molecule has 0 aromatic heterocycles. The third-order valence-electron chi connectivity index (χ3n) is 2.76. The Labute approximate surface area is 88.4 Å². The Morgan fingerprint density at radius 2 is 1.93 bits per heavy atom. The highest BCUT2D eigenvalue weighted by Crippen LogP contribution is 2.23. The SMILES string of the molecule is CCCC(C)C(NN)C(C)(C)OCC. The molecule has 0 aromatic rings. The highest BCUT2D eigenvalue weighted by Gasteiger charge is 2.32. The average molecular weight is 202 g/mol. The Morgan fingerprint density at radius 1 is 1.36 bits per heavy atom. The van der Waals surface area contributed by atoms with E-state index in [1.807, 2.05) is 6.92 Å². The van der Waals surface area contributed by atoms with Crippen LogP contribution in [0.2, 0.25) is 0 Å². The maximum absolute atomic E-state index is 5.71. The molecule has 0 spiro atoms. The lowest BCUT2D eigenvalue weighted by Gasteiger charge is -2.37. The predicted octanol–water partition coefficient (Wildman–Crippen LogP) is 2.07. The first-order valence-electron chi connectivity index (χ1n) is 5.59. The molecule has 0 aliphatic carbocycles. The van der Waals surface area contributed by atoms with Crippen molar-refractivity contribution in [2.24, 2.45) is 11.8 Å². The van der Waals surface area contributed by atoms with Gasteiger partial charge < -0.3 is 4.74 Å². The molecule has 0 heterocycles. The van der Waals surface area contributed by atoms with Gasteiger partial charge in [0.2, 0.25) is 0 Å². The monoisotopic (exact) mass is 202 g/mol. The fraction of sp³-hybridized carbons (Fsp3) is 1.00. The minimum Gasteiger partial charge on any atom is -0.374 e. The van der Waals surface area contributed by atoms with Gasteiger partial charge in [-0.25, -0.2) is 0 Å². The van der Waals surface area contributed by atoms with E-state index in [-0.39, 0.29) is 11.6 Å². The number of ether oxygens (including phenoxy) is 1. The van der Waals surface area contributed by atoms with Crippen LogP contribution >= 0.6 is 0 Å². The number of nitrogens with two attached hydrogens (primary N) is 1. The second kappa shape index (κ2) is 6.38. The molecule has 0 radical (unpaired) electrons. The number of hydrogen-bond donors (Lipinski definition) is 2. The summed E-state index contributed by atoms with van der Waals surface area (Å²) in [5.74, 6) is 6.12. The van der Waals surface area contributed by atoms with Crippen LogP contribution in [0.25, 0.3) is 0 Å². The van der Waals surface area contributed by atoms with Crippen LogP contribution in [-0.2, 0) is 4.74 Å². The summed E-state index contributed by atoms with van der Waals surface area (Å²) >= 11 is 0. The molecule has 2 atom stereocenters. The Balaban J connectivity index is 4.36. The largest absolute Gasteiger partial charge is 0.374 e. The zero-order chi connectivity index (χ0) is 11.2. The predicted molar refractivity (Wildman–Crippen MR) is 60.9 cm³/mol. The van der Waals surface area contributed by atoms with Crippen molar-refractivity contribution in [2.45, 2.75) is 59.1 Å². The van der Waals surface area contributed by atoms with Crippen molar-refractivity contribution in [3.05, 3.63) is 0 Å². The van der Waals surface area contributed by atoms with Crippen molar-refractivity contribution in [3.8, 4) is 0 Å². The lowest BCUT2D eigenvalue weighted by Crippen LogP contribution is -2.54. The fourth-order valence-electron chi connectivity index (χ4n) is 2.13. The minimum atomic E-state index is -0.196. The van der Waals surface area contributed by atoms with E-state index in [2.05, 4.69) is 33.1 Å². The Morgan fingerprint density at radius 3 is 2.29 bits per heavy atom. The van der Waals surface area contributed by atoms with Crippen LogP contribution in [0.1, 0.15) is 47.5 Å². The molecule has 14 heavy (non-hydrogen) atoms. The summed E-state index contributed by atoms with van der Waals surface area (Å²) in [6.45, 7) is 11.3. The first-order chi connectivity index (χ1) is 6.49. The first-order valence-corrected chi connectivity index (χ1v) is 5.59. The van der Waals surface area contributed by atoms with E-state index in [1.165, 1.54) is 12.8 Å². The number of hydrogen-bond acceptors (Lipinski definition) is 3. The molecule has 3 nitrogen and oxygen atoms in total. The highest BCUT2D eigenvalue weighted by atomic mass is 16.5. The van der Waals surface area contributed by atoms with Crippen LogP contribution in [0.5, 0.6) is 0 Å². The van der Waals surface area contributed by atoms with Crippen molar-refractivity contribution in [2.75, 3.05) is 6.61 Å². The molecule has 0 aromatic carbocycles. The number of nitrogens with one attached hydrogen (secondary N) is 1. The molecule has 2 unspecified atom stereocenters. The Kier molecular flexibility index (Phi) is 6.33. The maximum atomic E-state index is 5.71. The first kappa shape index (κ1) is 13.9. The summed E-state index contributed by atoms with van der Waals surface area (Å²) < 4.78 is 5.71. The zero-order valence-electron chi connectivity index (χ0n) is 10.3. The van der Waals surface area contributed by atoms with Gasteiger partial charge in [-0.15, -0.1) is 0 Å². The average Bonchev–Trinajstić information content (AvgIpc) is 2.04. The molecule has 0 saturated carbocycles. The van der Waals surface area contributed by atoms with Crippen molar-refractivity contribution >= 4 is 0 Å². The molecule has 0 aliphatic heterocycles. The van der Waals surface area contributed by atoms with E-state index < -0.39 is 0 Å². The van der Waals surface area contributed by atoms with Crippen LogP contribution < -0.4 is 11.3 Å². The Bertz CT molecular complexity index is 148. The van der Waals surface area contributed by atoms with Gasteiger partial charge in [0.1, 0.15) is 0 Å². The van der Waals surface area contributed by atoms with Crippen molar-refractivity contribution in [3.63, 3.8) is 0 Å². The van der Waals surface area contributed by atoms with E-state index >= 15 is 0 Å². The molecular weight excluding hydrogens is 176 g/mol. The van der Waals surface area contributed by atoms with Gasteiger partial charge in [-0.1, -0.05) is 20.3 Å². The molecular formula is C11H26N2O. The summed E-state index contributed by atoms with van der Waals surface area (Å²) in [5.41, 5.74) is 2.69. The summed E-state index contributed by atoms with van der Waals surface area (Å²) in [6, 6.07) is 0.211. The number of hydrazine groups is 1. The zero-order valence-corrected chi connectivity index (χ0v) is 10.3. The van der Waals surface area contributed by atoms with Gasteiger partial charge in [0, 0.05) is 6.61 Å². The molecule has 0 saturated heterocycles. The molecule has 86 valence electrons. The van der Waals surface area contributed by atoms with Crippen LogP contribution in [0.3, 0.4) is 0 Å². The van der Waals surface area contributed by atoms with Crippen molar-refractivity contribution in [1.82, 2.24) is 5.43 Å². The topological polar surface area (TPSA) is 47.3 Å². The van der Waals surface area contributed by atoms with Crippen LogP contribution in [0.15, 0.2) is 0 Å².